The Morgan fingerprint density at radius 3 is 3.00 bits per heavy atom. The van der Waals surface area contributed by atoms with Gasteiger partial charge < -0.3 is 14.8 Å². The molecule has 0 amide bonds. The number of aryl methyl sites for hydroxylation is 1. The fourth-order valence-electron chi connectivity index (χ4n) is 3.10. The smallest absolute Gasteiger partial charge is 0.258 e. The average molecular weight is 496 g/mol. The Bertz CT molecular complexity index is 1280. The number of methoxy groups -OCH3 is 1. The molecule has 4 aromatic rings. The van der Waals surface area contributed by atoms with E-state index in [1.54, 1.807) is 10.9 Å². The SMILES string of the molecule is COc1ncc(F)cc1-n1nc2c(c1Br)Nc1ncc3c(Cl)nn(c3n1)CCCO2. The van der Waals surface area contributed by atoms with Crippen LogP contribution in [0.1, 0.15) is 6.42 Å². The standard InChI is InChI=1S/C17H13BrClFN8O2/c1-29-15-10(5-8(20)6-21-15)28-12(18)11-16(26-28)30-4-2-3-27-14-9(13(19)25-27)7-22-17(23-11)24-14/h5-7H,2-4H2,1H3,(H,22,23,24). The molecule has 0 fully saturated rings. The zero-order chi connectivity index (χ0) is 20.8. The summed E-state index contributed by atoms with van der Waals surface area (Å²) in [6, 6.07) is 1.27. The lowest BCUT2D eigenvalue weighted by atomic mass is 10.4. The Morgan fingerprint density at radius 1 is 1.30 bits per heavy atom. The van der Waals surface area contributed by atoms with Crippen LogP contribution in [0, 0.1) is 5.82 Å². The number of nitrogens with one attached hydrogen (secondary N) is 1. The van der Waals surface area contributed by atoms with Crippen LogP contribution in [-0.2, 0) is 6.54 Å². The normalized spacial score (nSPS) is 13.5. The second kappa shape index (κ2) is 7.36. The molecule has 13 heteroatoms. The molecule has 0 aliphatic carbocycles. The van der Waals surface area contributed by atoms with Gasteiger partial charge in [-0.2, -0.15) is 10.1 Å². The third-order valence-corrected chi connectivity index (χ3v) is 5.46. The summed E-state index contributed by atoms with van der Waals surface area (Å²) < 4.78 is 28.6. The maximum atomic E-state index is 13.9. The number of pyridine rings is 1. The van der Waals surface area contributed by atoms with Crippen LogP contribution >= 0.6 is 27.5 Å². The summed E-state index contributed by atoms with van der Waals surface area (Å²) in [6.07, 6.45) is 3.31. The topological polar surface area (TPSA) is 105 Å². The summed E-state index contributed by atoms with van der Waals surface area (Å²) in [6.45, 7) is 0.914. The number of aromatic nitrogens is 7. The van der Waals surface area contributed by atoms with E-state index in [-0.39, 0.29) is 11.8 Å². The van der Waals surface area contributed by atoms with Crippen molar-refractivity contribution in [3.05, 3.63) is 34.0 Å². The molecule has 5 rings (SSSR count). The van der Waals surface area contributed by atoms with Gasteiger partial charge in [0, 0.05) is 25.2 Å². The third-order valence-electron chi connectivity index (χ3n) is 4.45. The molecule has 1 aliphatic rings. The van der Waals surface area contributed by atoms with E-state index in [9.17, 15) is 4.39 Å². The highest BCUT2D eigenvalue weighted by Gasteiger charge is 2.24. The van der Waals surface area contributed by atoms with Crippen LogP contribution in [0.4, 0.5) is 16.0 Å². The van der Waals surface area contributed by atoms with Gasteiger partial charge in [-0.15, -0.1) is 5.10 Å². The number of ether oxygens (including phenoxy) is 2. The third kappa shape index (κ3) is 3.12. The molecule has 0 saturated heterocycles. The lowest BCUT2D eigenvalue weighted by molar-refractivity contribution is 0.288. The molecule has 1 N–H and O–H groups in total. The lowest BCUT2D eigenvalue weighted by Crippen LogP contribution is -2.07. The number of nitrogens with zero attached hydrogens (tertiary/aromatic N) is 7. The van der Waals surface area contributed by atoms with Crippen LogP contribution in [-0.4, -0.2) is 48.2 Å². The first-order chi connectivity index (χ1) is 14.5. The van der Waals surface area contributed by atoms with Crippen molar-refractivity contribution in [2.24, 2.45) is 0 Å². The van der Waals surface area contributed by atoms with Crippen molar-refractivity contribution in [1.29, 1.82) is 0 Å². The molecule has 5 heterocycles. The van der Waals surface area contributed by atoms with Gasteiger partial charge in [0.1, 0.15) is 21.8 Å². The fourth-order valence-corrected chi connectivity index (χ4v) is 3.87. The molecule has 0 aromatic carbocycles. The molecule has 0 unspecified atom stereocenters. The van der Waals surface area contributed by atoms with E-state index in [1.165, 1.54) is 17.9 Å². The van der Waals surface area contributed by atoms with Crippen molar-refractivity contribution in [3.8, 4) is 17.4 Å². The van der Waals surface area contributed by atoms with E-state index in [0.717, 1.165) is 6.20 Å². The molecule has 0 radical (unpaired) electrons. The van der Waals surface area contributed by atoms with Crippen molar-refractivity contribution in [1.82, 2.24) is 34.5 Å². The second-order valence-electron chi connectivity index (χ2n) is 6.34. The van der Waals surface area contributed by atoms with Gasteiger partial charge in [-0.1, -0.05) is 11.6 Å². The second-order valence-corrected chi connectivity index (χ2v) is 7.45. The molecule has 154 valence electrons. The van der Waals surface area contributed by atoms with Gasteiger partial charge >= 0.3 is 0 Å². The minimum absolute atomic E-state index is 0.204. The minimum Gasteiger partial charge on any atom is -0.479 e. The summed E-state index contributed by atoms with van der Waals surface area (Å²) in [5, 5.41) is 12.9. The number of hydrogen-bond donors (Lipinski definition) is 1. The zero-order valence-electron chi connectivity index (χ0n) is 15.4. The Labute approximate surface area is 182 Å². The number of anilines is 2. The summed E-state index contributed by atoms with van der Waals surface area (Å²) in [7, 11) is 1.45. The van der Waals surface area contributed by atoms with Gasteiger partial charge in [0.25, 0.3) is 5.88 Å². The van der Waals surface area contributed by atoms with Crippen molar-refractivity contribution >= 4 is 50.2 Å². The number of hydrogen-bond acceptors (Lipinski definition) is 8. The molecular weight excluding hydrogens is 483 g/mol. The monoisotopic (exact) mass is 494 g/mol. The lowest BCUT2D eigenvalue weighted by Gasteiger charge is -2.08. The van der Waals surface area contributed by atoms with Crippen LogP contribution < -0.4 is 14.8 Å². The zero-order valence-corrected chi connectivity index (χ0v) is 17.8. The highest BCUT2D eigenvalue weighted by Crippen LogP contribution is 2.38. The average Bonchev–Trinajstić information content (AvgIpc) is 3.21. The molecular formula is C17H13BrClFN8O2. The van der Waals surface area contributed by atoms with Gasteiger partial charge in [-0.25, -0.2) is 23.7 Å². The highest BCUT2D eigenvalue weighted by atomic mass is 79.9. The summed E-state index contributed by atoms with van der Waals surface area (Å²) in [5.41, 5.74) is 1.38. The van der Waals surface area contributed by atoms with Gasteiger partial charge in [0.05, 0.1) is 25.3 Å². The van der Waals surface area contributed by atoms with E-state index in [0.29, 0.717) is 57.7 Å². The number of rotatable bonds is 2. The Kier molecular flexibility index (Phi) is 4.66. The van der Waals surface area contributed by atoms with Crippen LogP contribution in [0.25, 0.3) is 16.7 Å². The van der Waals surface area contributed by atoms with E-state index >= 15 is 0 Å². The van der Waals surface area contributed by atoms with Crippen molar-refractivity contribution in [2.75, 3.05) is 19.0 Å². The molecule has 2 bridgehead atoms. The molecule has 0 spiro atoms. The predicted molar refractivity (Wildman–Crippen MR) is 109 cm³/mol. The molecule has 10 nitrogen and oxygen atoms in total. The maximum Gasteiger partial charge on any atom is 0.258 e. The van der Waals surface area contributed by atoms with Gasteiger partial charge in [-0.3, -0.25) is 0 Å². The Balaban J connectivity index is 1.65. The van der Waals surface area contributed by atoms with Crippen LogP contribution in [0.3, 0.4) is 0 Å². The molecule has 4 aromatic heterocycles. The summed E-state index contributed by atoms with van der Waals surface area (Å²) in [4.78, 5) is 12.8. The summed E-state index contributed by atoms with van der Waals surface area (Å²) >= 11 is 9.69. The molecule has 1 aliphatic heterocycles. The van der Waals surface area contributed by atoms with Crippen molar-refractivity contribution in [3.63, 3.8) is 0 Å². The fraction of sp³-hybridized carbons (Fsp3) is 0.235. The first kappa shape index (κ1) is 19.0. The first-order valence-electron chi connectivity index (χ1n) is 8.82. The maximum absolute atomic E-state index is 13.9. The van der Waals surface area contributed by atoms with Crippen LogP contribution in [0.15, 0.2) is 23.1 Å². The molecule has 30 heavy (non-hydrogen) atoms. The van der Waals surface area contributed by atoms with Crippen molar-refractivity contribution in [2.45, 2.75) is 13.0 Å². The number of halogens is 3. The quantitative estimate of drug-likeness (QED) is 0.451. The Morgan fingerprint density at radius 2 is 2.17 bits per heavy atom. The highest BCUT2D eigenvalue weighted by molar-refractivity contribution is 9.10. The molecule has 0 atom stereocenters. The predicted octanol–water partition coefficient (Wildman–Crippen LogP) is 3.50. The van der Waals surface area contributed by atoms with Gasteiger partial charge in [0.2, 0.25) is 11.8 Å². The minimum atomic E-state index is -0.529. The van der Waals surface area contributed by atoms with E-state index < -0.39 is 5.82 Å². The van der Waals surface area contributed by atoms with E-state index in [1.807, 2.05) is 0 Å². The van der Waals surface area contributed by atoms with Gasteiger partial charge in [-0.05, 0) is 15.9 Å². The molecule has 0 saturated carbocycles. The van der Waals surface area contributed by atoms with E-state index in [2.05, 4.69) is 46.4 Å². The van der Waals surface area contributed by atoms with E-state index in [4.69, 9.17) is 21.1 Å². The Hall–Kier alpha value is -2.99. The van der Waals surface area contributed by atoms with Crippen LogP contribution in [0.5, 0.6) is 11.8 Å². The number of fused-ring (bicyclic) bond motifs is 2. The summed E-state index contributed by atoms with van der Waals surface area (Å²) in [5.74, 6) is 0.264. The van der Waals surface area contributed by atoms with Gasteiger partial charge in [0.15, 0.2) is 10.8 Å². The largest absolute Gasteiger partial charge is 0.479 e. The first-order valence-corrected chi connectivity index (χ1v) is 9.99. The van der Waals surface area contributed by atoms with Crippen LogP contribution in [0.2, 0.25) is 5.15 Å². The van der Waals surface area contributed by atoms with Crippen molar-refractivity contribution < 1.29 is 13.9 Å².